The van der Waals surface area contributed by atoms with Crippen LogP contribution in [0.25, 0.3) is 0 Å². The molecule has 0 amide bonds. The highest BCUT2D eigenvalue weighted by atomic mass is 32.2. The molecule has 0 unspecified atom stereocenters. The lowest BCUT2D eigenvalue weighted by atomic mass is 10.1. The number of carbonyl (C=O) groups excluding carboxylic acids is 2. The first kappa shape index (κ1) is 23.0. The third-order valence-corrected chi connectivity index (χ3v) is 6.38. The summed E-state index contributed by atoms with van der Waals surface area (Å²) in [4.78, 5) is 26.5. The van der Waals surface area contributed by atoms with Gasteiger partial charge in [-0.25, -0.2) is 9.59 Å². The number of aliphatic hydroxyl groups excluding tert-OH is 1. The van der Waals surface area contributed by atoms with Gasteiger partial charge in [-0.1, -0.05) is 65.9 Å². The molecule has 0 spiro atoms. The van der Waals surface area contributed by atoms with Crippen LogP contribution in [0.2, 0.25) is 0 Å². The number of benzene rings is 3. The van der Waals surface area contributed by atoms with E-state index in [1.54, 1.807) is 60.7 Å². The zero-order valence-electron chi connectivity index (χ0n) is 18.0. The summed E-state index contributed by atoms with van der Waals surface area (Å²) in [5, 5.41) is 9.94. The molecular formula is C26H24O6S. The molecule has 1 heterocycles. The van der Waals surface area contributed by atoms with Crippen molar-refractivity contribution in [1.82, 2.24) is 0 Å². The van der Waals surface area contributed by atoms with E-state index in [0.717, 1.165) is 10.5 Å². The van der Waals surface area contributed by atoms with Gasteiger partial charge >= 0.3 is 11.9 Å². The normalized spacial score (nSPS) is 22.0. The van der Waals surface area contributed by atoms with Gasteiger partial charge in [0.15, 0.2) is 12.2 Å². The number of aliphatic hydroxyl groups is 1. The Bertz CT molecular complexity index is 1070. The SMILES string of the molecule is Cc1ccc(S[C@H]2O[C@H](CO)[C@@H](OC(=O)c3ccccc3)[C@@H]2OC(=O)c2ccccc2)cc1. The van der Waals surface area contributed by atoms with Crippen molar-refractivity contribution in [3.63, 3.8) is 0 Å². The molecule has 1 N–H and O–H groups in total. The molecule has 170 valence electrons. The quantitative estimate of drug-likeness (QED) is 0.523. The van der Waals surface area contributed by atoms with Crippen LogP contribution in [0.4, 0.5) is 0 Å². The van der Waals surface area contributed by atoms with Gasteiger partial charge in [-0.15, -0.1) is 0 Å². The molecule has 0 radical (unpaired) electrons. The molecule has 1 aliphatic heterocycles. The van der Waals surface area contributed by atoms with Crippen molar-refractivity contribution in [2.75, 3.05) is 6.61 Å². The van der Waals surface area contributed by atoms with Gasteiger partial charge in [0.25, 0.3) is 0 Å². The molecule has 0 aromatic heterocycles. The minimum Gasteiger partial charge on any atom is -0.452 e. The fourth-order valence-electron chi connectivity index (χ4n) is 3.48. The molecule has 4 atom stereocenters. The van der Waals surface area contributed by atoms with E-state index in [2.05, 4.69) is 0 Å². The van der Waals surface area contributed by atoms with Crippen LogP contribution in [-0.2, 0) is 14.2 Å². The van der Waals surface area contributed by atoms with Gasteiger partial charge in [0.2, 0.25) is 0 Å². The molecule has 0 bridgehead atoms. The van der Waals surface area contributed by atoms with Crippen molar-refractivity contribution in [1.29, 1.82) is 0 Å². The predicted octanol–water partition coefficient (Wildman–Crippen LogP) is 4.26. The number of hydrogen-bond donors (Lipinski definition) is 1. The van der Waals surface area contributed by atoms with Gasteiger partial charge in [-0.05, 0) is 43.3 Å². The average molecular weight is 465 g/mol. The van der Waals surface area contributed by atoms with Gasteiger partial charge in [-0.3, -0.25) is 0 Å². The molecule has 1 fully saturated rings. The minimum absolute atomic E-state index is 0.358. The van der Waals surface area contributed by atoms with Gasteiger partial charge in [0, 0.05) is 4.90 Å². The number of carbonyl (C=O) groups is 2. The van der Waals surface area contributed by atoms with E-state index >= 15 is 0 Å². The lowest BCUT2D eigenvalue weighted by molar-refractivity contribution is -0.0388. The molecule has 7 heteroatoms. The lowest BCUT2D eigenvalue weighted by Crippen LogP contribution is -2.41. The molecule has 1 saturated heterocycles. The summed E-state index contributed by atoms with van der Waals surface area (Å²) in [6.07, 6.45) is -2.73. The Balaban J connectivity index is 1.60. The van der Waals surface area contributed by atoms with E-state index in [1.165, 1.54) is 11.8 Å². The van der Waals surface area contributed by atoms with Gasteiger partial charge < -0.3 is 19.3 Å². The van der Waals surface area contributed by atoms with Crippen LogP contribution in [0.3, 0.4) is 0 Å². The van der Waals surface area contributed by atoms with Gasteiger partial charge in [-0.2, -0.15) is 0 Å². The third-order valence-electron chi connectivity index (χ3n) is 5.23. The second kappa shape index (κ2) is 10.7. The Morgan fingerprint density at radius 1 is 0.818 bits per heavy atom. The number of ether oxygens (including phenoxy) is 3. The monoisotopic (exact) mass is 464 g/mol. The van der Waals surface area contributed by atoms with E-state index in [9.17, 15) is 14.7 Å². The van der Waals surface area contributed by atoms with Crippen molar-refractivity contribution in [2.24, 2.45) is 0 Å². The third kappa shape index (κ3) is 5.63. The summed E-state index contributed by atoms with van der Waals surface area (Å²) < 4.78 is 17.5. The molecule has 1 aliphatic rings. The van der Waals surface area contributed by atoms with Crippen LogP contribution in [0.5, 0.6) is 0 Å². The maximum absolute atomic E-state index is 12.8. The van der Waals surface area contributed by atoms with E-state index in [1.807, 2.05) is 31.2 Å². The maximum atomic E-state index is 12.8. The molecule has 0 saturated carbocycles. The van der Waals surface area contributed by atoms with Gasteiger partial charge in [0.05, 0.1) is 17.7 Å². The second-order valence-corrected chi connectivity index (χ2v) is 8.80. The van der Waals surface area contributed by atoms with E-state index < -0.39 is 42.3 Å². The topological polar surface area (TPSA) is 82.1 Å². The Morgan fingerprint density at radius 2 is 1.33 bits per heavy atom. The van der Waals surface area contributed by atoms with E-state index in [-0.39, 0.29) is 0 Å². The first-order valence-electron chi connectivity index (χ1n) is 10.6. The van der Waals surface area contributed by atoms with Crippen molar-refractivity contribution < 1.29 is 28.9 Å². The number of hydrogen-bond acceptors (Lipinski definition) is 7. The highest BCUT2D eigenvalue weighted by Gasteiger charge is 2.50. The number of aryl methyl sites for hydroxylation is 1. The lowest BCUT2D eigenvalue weighted by Gasteiger charge is -2.24. The molecule has 3 aromatic carbocycles. The summed E-state index contributed by atoms with van der Waals surface area (Å²) in [6.45, 7) is 1.60. The van der Waals surface area contributed by atoms with Crippen LogP contribution < -0.4 is 0 Å². The largest absolute Gasteiger partial charge is 0.452 e. The summed E-state index contributed by atoms with van der Waals surface area (Å²) in [7, 11) is 0. The molecule has 6 nitrogen and oxygen atoms in total. The number of thioether (sulfide) groups is 1. The second-order valence-electron chi connectivity index (χ2n) is 7.63. The van der Waals surface area contributed by atoms with Crippen LogP contribution in [0.15, 0.2) is 89.8 Å². The van der Waals surface area contributed by atoms with Crippen LogP contribution >= 0.6 is 11.8 Å². The summed E-state index contributed by atoms with van der Waals surface area (Å²) in [6, 6.07) is 24.9. The highest BCUT2D eigenvalue weighted by Crippen LogP contribution is 2.38. The molecule has 3 aromatic rings. The first-order chi connectivity index (χ1) is 16.0. The van der Waals surface area contributed by atoms with E-state index in [4.69, 9.17) is 14.2 Å². The summed E-state index contributed by atoms with van der Waals surface area (Å²) in [5.74, 6) is -1.14. The predicted molar refractivity (Wildman–Crippen MR) is 124 cm³/mol. The number of esters is 2. The Morgan fingerprint density at radius 3 is 1.85 bits per heavy atom. The minimum atomic E-state index is -0.974. The maximum Gasteiger partial charge on any atom is 0.338 e. The number of rotatable bonds is 7. The molecule has 33 heavy (non-hydrogen) atoms. The fraction of sp³-hybridized carbons (Fsp3) is 0.231. The summed E-state index contributed by atoms with van der Waals surface area (Å²) >= 11 is 1.35. The highest BCUT2D eigenvalue weighted by molar-refractivity contribution is 7.99. The zero-order chi connectivity index (χ0) is 23.2. The van der Waals surface area contributed by atoms with E-state index in [0.29, 0.717) is 11.1 Å². The Hall–Kier alpha value is -3.13. The first-order valence-corrected chi connectivity index (χ1v) is 11.4. The summed E-state index contributed by atoms with van der Waals surface area (Å²) in [5.41, 5.74) is 1.17. The Labute approximate surface area is 196 Å². The molecule has 4 rings (SSSR count). The fourth-order valence-corrected chi connectivity index (χ4v) is 4.59. The average Bonchev–Trinajstić information content (AvgIpc) is 3.17. The van der Waals surface area contributed by atoms with Crippen LogP contribution in [0, 0.1) is 6.92 Å². The van der Waals surface area contributed by atoms with Crippen LogP contribution in [0.1, 0.15) is 26.3 Å². The molecular weight excluding hydrogens is 440 g/mol. The smallest absolute Gasteiger partial charge is 0.338 e. The van der Waals surface area contributed by atoms with Gasteiger partial charge in [0.1, 0.15) is 11.5 Å². The zero-order valence-corrected chi connectivity index (χ0v) is 18.8. The van der Waals surface area contributed by atoms with Crippen molar-refractivity contribution in [3.05, 3.63) is 102 Å². The Kier molecular flexibility index (Phi) is 7.44. The van der Waals surface area contributed by atoms with Crippen molar-refractivity contribution in [3.8, 4) is 0 Å². The standard InChI is InChI=1S/C26H24O6S/c1-17-12-14-20(15-13-17)33-26-23(32-25(29)19-10-6-3-7-11-19)22(21(16-27)30-26)31-24(28)18-8-4-2-5-9-18/h2-15,21-23,26-27H,16H2,1H3/t21-,22-,23+,26-/m1/s1. The van der Waals surface area contributed by atoms with Crippen molar-refractivity contribution >= 4 is 23.7 Å². The molecule has 0 aliphatic carbocycles. The van der Waals surface area contributed by atoms with Crippen LogP contribution in [-0.4, -0.2) is 47.4 Å². The van der Waals surface area contributed by atoms with Crippen molar-refractivity contribution in [2.45, 2.75) is 35.6 Å².